The van der Waals surface area contributed by atoms with Crippen LogP contribution in [0.15, 0.2) is 42.5 Å². The topological polar surface area (TPSA) is 71.0 Å². The highest BCUT2D eigenvalue weighted by Gasteiger charge is 2.25. The Kier molecular flexibility index (Phi) is 3.12. The van der Waals surface area contributed by atoms with Gasteiger partial charge in [0.1, 0.15) is 5.82 Å². The number of non-ortho nitro benzene ring substituents is 1. The van der Waals surface area contributed by atoms with Gasteiger partial charge in [-0.25, -0.2) is 4.39 Å². The van der Waals surface area contributed by atoms with Crippen LogP contribution < -0.4 is 5.32 Å². The Morgan fingerprint density at radius 1 is 1.17 bits per heavy atom. The van der Waals surface area contributed by atoms with Gasteiger partial charge in [0.25, 0.3) is 5.69 Å². The molecule has 2 heterocycles. The van der Waals surface area contributed by atoms with Crippen molar-refractivity contribution in [2.75, 3.05) is 6.54 Å². The number of benzene rings is 2. The fraction of sp³-hybridized carbons (Fsp3) is 0.176. The summed E-state index contributed by atoms with van der Waals surface area (Å²) in [5, 5.41) is 15.1. The molecule has 6 heteroatoms. The van der Waals surface area contributed by atoms with Gasteiger partial charge in [-0.2, -0.15) is 0 Å². The molecule has 0 saturated heterocycles. The summed E-state index contributed by atoms with van der Waals surface area (Å²) in [6.07, 6.45) is 0.822. The molecule has 23 heavy (non-hydrogen) atoms. The number of hydrogen-bond acceptors (Lipinski definition) is 3. The summed E-state index contributed by atoms with van der Waals surface area (Å²) >= 11 is 0. The van der Waals surface area contributed by atoms with E-state index in [0.29, 0.717) is 0 Å². The number of aromatic nitrogens is 1. The monoisotopic (exact) mass is 311 g/mol. The molecule has 4 rings (SSSR count). The van der Waals surface area contributed by atoms with Crippen molar-refractivity contribution < 1.29 is 9.31 Å². The first-order valence-electron chi connectivity index (χ1n) is 7.41. The highest BCUT2D eigenvalue weighted by Crippen LogP contribution is 2.34. The number of rotatable bonds is 2. The van der Waals surface area contributed by atoms with Gasteiger partial charge in [0, 0.05) is 35.3 Å². The third-order valence-corrected chi connectivity index (χ3v) is 4.35. The van der Waals surface area contributed by atoms with E-state index in [4.69, 9.17) is 0 Å². The molecule has 3 aromatic rings. The first-order chi connectivity index (χ1) is 11.1. The van der Waals surface area contributed by atoms with Crippen LogP contribution in [0.3, 0.4) is 0 Å². The summed E-state index contributed by atoms with van der Waals surface area (Å²) in [6.45, 7) is 0.776. The van der Waals surface area contributed by atoms with E-state index in [2.05, 4.69) is 10.3 Å². The molecule has 1 aliphatic rings. The van der Waals surface area contributed by atoms with Crippen LogP contribution in [0.1, 0.15) is 22.9 Å². The second-order valence-corrected chi connectivity index (χ2v) is 5.69. The van der Waals surface area contributed by atoms with E-state index >= 15 is 0 Å². The molecule has 1 aromatic heterocycles. The largest absolute Gasteiger partial charge is 0.357 e. The molecule has 5 nitrogen and oxygen atoms in total. The molecule has 116 valence electrons. The Morgan fingerprint density at radius 2 is 1.96 bits per heavy atom. The van der Waals surface area contributed by atoms with Gasteiger partial charge in [-0.15, -0.1) is 0 Å². The molecular formula is C17H14FN3O2. The normalized spacial score (nSPS) is 17.2. The number of halogens is 1. The Labute approximate surface area is 131 Å². The Balaban J connectivity index is 1.81. The van der Waals surface area contributed by atoms with E-state index in [1.54, 1.807) is 24.3 Å². The minimum atomic E-state index is -0.408. The second-order valence-electron chi connectivity index (χ2n) is 5.69. The van der Waals surface area contributed by atoms with Crippen LogP contribution in [0.25, 0.3) is 10.9 Å². The minimum absolute atomic E-state index is 0.0727. The number of aromatic amines is 1. The van der Waals surface area contributed by atoms with Crippen LogP contribution in [-0.4, -0.2) is 16.5 Å². The Hall–Kier alpha value is -2.73. The van der Waals surface area contributed by atoms with Crippen LogP contribution >= 0.6 is 0 Å². The third kappa shape index (κ3) is 2.27. The quantitative estimate of drug-likeness (QED) is 0.562. The summed E-state index contributed by atoms with van der Waals surface area (Å²) in [5.74, 6) is -0.246. The van der Waals surface area contributed by atoms with E-state index in [1.165, 1.54) is 18.2 Å². The van der Waals surface area contributed by atoms with Crippen LogP contribution in [0, 0.1) is 15.9 Å². The fourth-order valence-corrected chi connectivity index (χ4v) is 3.27. The predicted octanol–water partition coefficient (Wildman–Crippen LogP) is 3.45. The maximum Gasteiger partial charge on any atom is 0.269 e. The summed E-state index contributed by atoms with van der Waals surface area (Å²) in [5.41, 5.74) is 4.05. The molecule has 0 fully saturated rings. The average molecular weight is 311 g/mol. The van der Waals surface area contributed by atoms with Crippen LogP contribution in [-0.2, 0) is 6.42 Å². The molecule has 1 aliphatic heterocycles. The van der Waals surface area contributed by atoms with Gasteiger partial charge in [0.05, 0.1) is 11.0 Å². The second kappa shape index (κ2) is 5.17. The van der Waals surface area contributed by atoms with E-state index in [0.717, 1.165) is 40.7 Å². The Bertz CT molecular complexity index is 902. The maximum atomic E-state index is 13.5. The molecule has 0 spiro atoms. The zero-order chi connectivity index (χ0) is 16.0. The summed E-state index contributed by atoms with van der Waals surface area (Å²) in [7, 11) is 0. The first kappa shape index (κ1) is 13.9. The molecule has 0 amide bonds. The lowest BCUT2D eigenvalue weighted by Crippen LogP contribution is -2.30. The lowest BCUT2D eigenvalue weighted by atomic mass is 9.94. The van der Waals surface area contributed by atoms with Crippen molar-refractivity contribution in [3.05, 3.63) is 75.2 Å². The molecule has 1 atom stereocenters. The van der Waals surface area contributed by atoms with Crippen molar-refractivity contribution in [2.45, 2.75) is 12.5 Å². The molecule has 2 N–H and O–H groups in total. The number of nitrogens with one attached hydrogen (secondary N) is 2. The molecule has 2 aromatic carbocycles. The summed E-state index contributed by atoms with van der Waals surface area (Å²) < 4.78 is 13.5. The molecule has 1 unspecified atom stereocenters. The van der Waals surface area contributed by atoms with E-state index in [9.17, 15) is 14.5 Å². The molecular weight excluding hydrogens is 297 g/mol. The van der Waals surface area contributed by atoms with Crippen molar-refractivity contribution in [3.63, 3.8) is 0 Å². The fourth-order valence-electron chi connectivity index (χ4n) is 3.27. The smallest absolute Gasteiger partial charge is 0.269 e. The standard InChI is InChI=1S/C17H14FN3O2/c18-11-3-6-15-14(9-11)13-7-8-19-16(17(13)20-15)10-1-4-12(5-2-10)21(22)23/h1-6,9,16,19-20H,7-8H2. The summed E-state index contributed by atoms with van der Waals surface area (Å²) in [4.78, 5) is 13.7. The predicted molar refractivity (Wildman–Crippen MR) is 84.9 cm³/mol. The molecule has 0 saturated carbocycles. The number of H-pyrrole nitrogens is 1. The minimum Gasteiger partial charge on any atom is -0.357 e. The van der Waals surface area contributed by atoms with Crippen molar-refractivity contribution >= 4 is 16.6 Å². The molecule has 0 aliphatic carbocycles. The zero-order valence-electron chi connectivity index (χ0n) is 12.2. The maximum absolute atomic E-state index is 13.5. The number of nitro groups is 1. The van der Waals surface area contributed by atoms with Gasteiger partial charge in [-0.1, -0.05) is 12.1 Å². The lowest BCUT2D eigenvalue weighted by molar-refractivity contribution is -0.384. The van der Waals surface area contributed by atoms with Crippen LogP contribution in [0.2, 0.25) is 0 Å². The van der Waals surface area contributed by atoms with Crippen LogP contribution in [0.5, 0.6) is 0 Å². The van der Waals surface area contributed by atoms with E-state index in [1.807, 2.05) is 0 Å². The van der Waals surface area contributed by atoms with Crippen molar-refractivity contribution in [3.8, 4) is 0 Å². The third-order valence-electron chi connectivity index (χ3n) is 4.35. The van der Waals surface area contributed by atoms with Gasteiger partial charge in [0.15, 0.2) is 0 Å². The lowest BCUT2D eigenvalue weighted by Gasteiger charge is -2.24. The Morgan fingerprint density at radius 3 is 2.70 bits per heavy atom. The number of hydrogen-bond donors (Lipinski definition) is 2. The van der Waals surface area contributed by atoms with Gasteiger partial charge >= 0.3 is 0 Å². The zero-order valence-corrected chi connectivity index (χ0v) is 12.2. The highest BCUT2D eigenvalue weighted by molar-refractivity contribution is 5.85. The number of fused-ring (bicyclic) bond motifs is 3. The van der Waals surface area contributed by atoms with Crippen molar-refractivity contribution in [1.29, 1.82) is 0 Å². The number of nitro benzene ring substituents is 1. The highest BCUT2D eigenvalue weighted by atomic mass is 19.1. The van der Waals surface area contributed by atoms with Gasteiger partial charge < -0.3 is 10.3 Å². The number of nitrogens with zero attached hydrogens (tertiary/aromatic N) is 1. The molecule has 0 radical (unpaired) electrons. The molecule has 0 bridgehead atoms. The van der Waals surface area contributed by atoms with Gasteiger partial charge in [0.2, 0.25) is 0 Å². The van der Waals surface area contributed by atoms with Gasteiger partial charge in [-0.05, 0) is 35.7 Å². The SMILES string of the molecule is O=[N+]([O-])c1ccc(C2NCCc3c2[nH]c2ccc(F)cc32)cc1. The van der Waals surface area contributed by atoms with Gasteiger partial charge in [-0.3, -0.25) is 10.1 Å². The van der Waals surface area contributed by atoms with E-state index in [-0.39, 0.29) is 17.5 Å². The average Bonchev–Trinajstić information content (AvgIpc) is 2.93. The first-order valence-corrected chi connectivity index (χ1v) is 7.41. The van der Waals surface area contributed by atoms with Crippen LogP contribution in [0.4, 0.5) is 10.1 Å². The van der Waals surface area contributed by atoms with Crippen molar-refractivity contribution in [1.82, 2.24) is 10.3 Å². The van der Waals surface area contributed by atoms with E-state index < -0.39 is 4.92 Å². The summed E-state index contributed by atoms with van der Waals surface area (Å²) in [6, 6.07) is 11.2. The van der Waals surface area contributed by atoms with Crippen molar-refractivity contribution in [2.24, 2.45) is 0 Å².